The predicted octanol–water partition coefficient (Wildman–Crippen LogP) is 1.63. The summed E-state index contributed by atoms with van der Waals surface area (Å²) < 4.78 is 0.633. The molecule has 1 saturated carbocycles. The molecule has 2 rings (SSSR count). The topological polar surface area (TPSA) is 66.6 Å². The number of carbonyl (C=O) groups is 1. The van der Waals surface area contributed by atoms with Crippen molar-refractivity contribution in [2.45, 2.75) is 18.9 Å². The fraction of sp³-hybridized carbons (Fsp3) is 0.417. The lowest BCUT2D eigenvalue weighted by atomic mass is 10.1. The van der Waals surface area contributed by atoms with Crippen LogP contribution in [0, 0.1) is 0 Å². The number of amides is 1. The molecular formula is C12H15BrN2O2. The molecule has 0 spiro atoms. The van der Waals surface area contributed by atoms with E-state index in [1.165, 1.54) is 0 Å². The summed E-state index contributed by atoms with van der Waals surface area (Å²) in [5.41, 5.74) is 6.87. The van der Waals surface area contributed by atoms with Crippen molar-refractivity contribution < 1.29 is 9.90 Å². The van der Waals surface area contributed by atoms with Gasteiger partial charge >= 0.3 is 0 Å². The van der Waals surface area contributed by atoms with E-state index in [9.17, 15) is 4.79 Å². The quantitative estimate of drug-likeness (QED) is 0.830. The van der Waals surface area contributed by atoms with Crippen molar-refractivity contribution in [1.29, 1.82) is 0 Å². The van der Waals surface area contributed by atoms with Crippen LogP contribution in [-0.4, -0.2) is 35.1 Å². The zero-order valence-corrected chi connectivity index (χ0v) is 11.0. The Hall–Kier alpha value is -1.07. The second-order valence-corrected chi connectivity index (χ2v) is 4.96. The minimum Gasteiger partial charge on any atom is -0.398 e. The van der Waals surface area contributed by atoms with Gasteiger partial charge in [-0.15, -0.1) is 0 Å². The molecule has 0 aliphatic heterocycles. The molecule has 1 amide bonds. The van der Waals surface area contributed by atoms with Gasteiger partial charge in [-0.05, 0) is 40.9 Å². The molecule has 1 aromatic rings. The molecule has 3 N–H and O–H groups in total. The number of aliphatic hydroxyl groups is 1. The van der Waals surface area contributed by atoms with E-state index < -0.39 is 0 Å². The number of hydrogen-bond donors (Lipinski definition) is 2. The van der Waals surface area contributed by atoms with Gasteiger partial charge in [-0.1, -0.05) is 6.07 Å². The highest BCUT2D eigenvalue weighted by Crippen LogP contribution is 2.31. The fourth-order valence-corrected chi connectivity index (χ4v) is 2.25. The SMILES string of the molecule is Nc1cccc(C(=O)N(CCO)C2CC2)c1Br. The van der Waals surface area contributed by atoms with Crippen LogP contribution < -0.4 is 5.73 Å². The van der Waals surface area contributed by atoms with Crippen molar-refractivity contribution in [2.24, 2.45) is 0 Å². The molecule has 0 heterocycles. The second kappa shape index (κ2) is 5.06. The van der Waals surface area contributed by atoms with Crippen LogP contribution in [0.2, 0.25) is 0 Å². The van der Waals surface area contributed by atoms with E-state index in [-0.39, 0.29) is 18.6 Å². The lowest BCUT2D eigenvalue weighted by Gasteiger charge is -2.22. The minimum atomic E-state index is -0.0688. The molecule has 17 heavy (non-hydrogen) atoms. The maximum Gasteiger partial charge on any atom is 0.255 e. The Kier molecular flexibility index (Phi) is 3.69. The maximum atomic E-state index is 12.3. The molecule has 0 radical (unpaired) electrons. The third-order valence-electron chi connectivity index (χ3n) is 2.85. The van der Waals surface area contributed by atoms with Crippen LogP contribution in [0.25, 0.3) is 0 Å². The van der Waals surface area contributed by atoms with E-state index in [0.29, 0.717) is 22.3 Å². The molecule has 92 valence electrons. The Bertz CT molecular complexity index is 433. The maximum absolute atomic E-state index is 12.3. The van der Waals surface area contributed by atoms with Gasteiger partial charge in [-0.3, -0.25) is 4.79 Å². The number of hydrogen-bond acceptors (Lipinski definition) is 3. The zero-order valence-electron chi connectivity index (χ0n) is 9.40. The molecule has 0 bridgehead atoms. The number of rotatable bonds is 4. The summed E-state index contributed by atoms with van der Waals surface area (Å²) in [6, 6.07) is 5.53. The number of aliphatic hydroxyl groups excluding tert-OH is 1. The molecule has 0 atom stereocenters. The number of carbonyl (C=O) groups excluding carboxylic acids is 1. The lowest BCUT2D eigenvalue weighted by Crippen LogP contribution is -2.35. The molecule has 1 aliphatic rings. The number of nitrogen functional groups attached to an aromatic ring is 1. The average Bonchev–Trinajstić information content (AvgIpc) is 3.13. The fourth-order valence-electron chi connectivity index (χ4n) is 1.81. The first-order chi connectivity index (χ1) is 8.15. The van der Waals surface area contributed by atoms with E-state index in [1.807, 2.05) is 0 Å². The van der Waals surface area contributed by atoms with Crippen LogP contribution in [0.1, 0.15) is 23.2 Å². The van der Waals surface area contributed by atoms with Crippen molar-refractivity contribution >= 4 is 27.5 Å². The first-order valence-electron chi connectivity index (χ1n) is 5.61. The largest absolute Gasteiger partial charge is 0.398 e. The Balaban J connectivity index is 2.25. The second-order valence-electron chi connectivity index (χ2n) is 4.16. The van der Waals surface area contributed by atoms with Gasteiger partial charge in [-0.2, -0.15) is 0 Å². The molecular weight excluding hydrogens is 284 g/mol. The van der Waals surface area contributed by atoms with E-state index >= 15 is 0 Å². The predicted molar refractivity (Wildman–Crippen MR) is 69.7 cm³/mol. The van der Waals surface area contributed by atoms with Crippen LogP contribution in [0.3, 0.4) is 0 Å². The highest BCUT2D eigenvalue weighted by atomic mass is 79.9. The van der Waals surface area contributed by atoms with Gasteiger partial charge in [0.1, 0.15) is 0 Å². The van der Waals surface area contributed by atoms with Gasteiger partial charge in [0.05, 0.1) is 16.6 Å². The third-order valence-corrected chi connectivity index (χ3v) is 3.73. The summed E-state index contributed by atoms with van der Waals surface area (Å²) in [7, 11) is 0. The molecule has 0 unspecified atom stereocenters. The van der Waals surface area contributed by atoms with E-state index in [1.54, 1.807) is 23.1 Å². The number of nitrogens with zero attached hydrogens (tertiary/aromatic N) is 1. The number of nitrogens with two attached hydrogens (primary N) is 1. The number of anilines is 1. The van der Waals surface area contributed by atoms with Gasteiger partial charge in [0, 0.05) is 18.3 Å². The van der Waals surface area contributed by atoms with Gasteiger partial charge in [0.15, 0.2) is 0 Å². The summed E-state index contributed by atoms with van der Waals surface area (Å²) in [4.78, 5) is 14.0. The van der Waals surface area contributed by atoms with Crippen molar-refractivity contribution in [3.05, 3.63) is 28.2 Å². The first kappa shape index (κ1) is 12.4. The Morgan fingerprint density at radius 1 is 1.53 bits per heavy atom. The molecule has 1 aromatic carbocycles. The Morgan fingerprint density at radius 2 is 2.24 bits per heavy atom. The van der Waals surface area contributed by atoms with Crippen LogP contribution in [0.15, 0.2) is 22.7 Å². The molecule has 1 fully saturated rings. The number of halogens is 1. The Labute approximate surface area is 109 Å². The first-order valence-corrected chi connectivity index (χ1v) is 6.40. The summed E-state index contributed by atoms with van der Waals surface area (Å²) in [6.07, 6.45) is 2.04. The molecule has 0 aromatic heterocycles. The highest BCUT2D eigenvalue weighted by molar-refractivity contribution is 9.10. The van der Waals surface area contributed by atoms with E-state index in [0.717, 1.165) is 12.8 Å². The smallest absolute Gasteiger partial charge is 0.255 e. The lowest BCUT2D eigenvalue weighted by molar-refractivity contribution is 0.0707. The van der Waals surface area contributed by atoms with Gasteiger partial charge in [0.25, 0.3) is 5.91 Å². The third kappa shape index (κ3) is 2.61. The van der Waals surface area contributed by atoms with Gasteiger partial charge < -0.3 is 15.7 Å². The van der Waals surface area contributed by atoms with Crippen LogP contribution in [0.5, 0.6) is 0 Å². The van der Waals surface area contributed by atoms with Gasteiger partial charge in [0.2, 0.25) is 0 Å². The van der Waals surface area contributed by atoms with Crippen LogP contribution in [-0.2, 0) is 0 Å². The van der Waals surface area contributed by atoms with Crippen molar-refractivity contribution in [3.63, 3.8) is 0 Å². The van der Waals surface area contributed by atoms with Crippen LogP contribution in [0.4, 0.5) is 5.69 Å². The summed E-state index contributed by atoms with van der Waals surface area (Å²) in [5, 5.41) is 9.00. The van der Waals surface area contributed by atoms with Crippen molar-refractivity contribution in [3.8, 4) is 0 Å². The van der Waals surface area contributed by atoms with Gasteiger partial charge in [-0.25, -0.2) is 0 Å². The summed E-state index contributed by atoms with van der Waals surface area (Å²) in [5.74, 6) is -0.0688. The monoisotopic (exact) mass is 298 g/mol. The minimum absolute atomic E-state index is 0.0117. The molecule has 4 nitrogen and oxygen atoms in total. The summed E-state index contributed by atoms with van der Waals surface area (Å²) >= 11 is 3.33. The van der Waals surface area contributed by atoms with E-state index in [4.69, 9.17) is 10.8 Å². The van der Waals surface area contributed by atoms with Crippen molar-refractivity contribution in [2.75, 3.05) is 18.9 Å². The normalized spacial score (nSPS) is 14.7. The van der Waals surface area contributed by atoms with Crippen molar-refractivity contribution in [1.82, 2.24) is 4.90 Å². The summed E-state index contributed by atoms with van der Waals surface area (Å²) in [6.45, 7) is 0.368. The number of benzene rings is 1. The van der Waals surface area contributed by atoms with E-state index in [2.05, 4.69) is 15.9 Å². The van der Waals surface area contributed by atoms with Crippen LogP contribution >= 0.6 is 15.9 Å². The zero-order chi connectivity index (χ0) is 12.4. The standard InChI is InChI=1S/C12H15BrN2O2/c13-11-9(2-1-3-10(11)14)12(17)15(6-7-16)8-4-5-8/h1-3,8,16H,4-7,14H2. The molecule has 0 saturated heterocycles. The Morgan fingerprint density at radius 3 is 2.82 bits per heavy atom. The molecule has 5 heteroatoms. The average molecular weight is 299 g/mol. The highest BCUT2D eigenvalue weighted by Gasteiger charge is 2.33. The molecule has 1 aliphatic carbocycles.